The van der Waals surface area contributed by atoms with E-state index in [0.717, 1.165) is 9.13 Å². The van der Waals surface area contributed by atoms with E-state index in [0.29, 0.717) is 0 Å². The van der Waals surface area contributed by atoms with Gasteiger partial charge in [0.25, 0.3) is 5.71 Å². The van der Waals surface area contributed by atoms with Gasteiger partial charge in [0.05, 0.1) is 0 Å². The molecule has 0 aliphatic heterocycles. The van der Waals surface area contributed by atoms with Gasteiger partial charge in [-0.1, -0.05) is 23.4 Å². The summed E-state index contributed by atoms with van der Waals surface area (Å²) in [6.07, 6.45) is 0. The molecular weight excluding hydrogens is 305 g/mol. The first-order chi connectivity index (χ1) is 7.27. The smallest absolute Gasteiger partial charge is 0.256 e. The first kappa shape index (κ1) is 11.5. The number of hydrogen-bond donors (Lipinski definition) is 0. The molecule has 4 nitrogen and oxygen atoms in total. The van der Waals surface area contributed by atoms with E-state index in [4.69, 9.17) is 15.4 Å². The molecule has 0 saturated heterocycles. The van der Waals surface area contributed by atoms with E-state index in [1.165, 1.54) is 0 Å². The van der Waals surface area contributed by atoms with Crippen LogP contribution in [-0.4, -0.2) is 5.71 Å². The number of benzene rings is 1. The second-order valence-electron chi connectivity index (χ2n) is 2.53. The van der Waals surface area contributed by atoms with Crippen LogP contribution in [-0.2, 0) is 11.4 Å². The largest absolute Gasteiger partial charge is 0.389 e. The molecule has 1 aromatic rings. The number of nitriles is 2. The molecule has 5 heteroatoms. The number of rotatable bonds is 3. The SMILES string of the molecule is N#CC(C#N)=NOCc1ccccc1I. The molecule has 1 rings (SSSR count). The predicted molar refractivity (Wildman–Crippen MR) is 62.6 cm³/mol. The lowest BCUT2D eigenvalue weighted by molar-refractivity contribution is 0.131. The normalized spacial score (nSPS) is 8.47. The van der Waals surface area contributed by atoms with Crippen molar-refractivity contribution in [2.75, 3.05) is 0 Å². The molecule has 0 spiro atoms. The lowest BCUT2D eigenvalue weighted by atomic mass is 10.2. The highest BCUT2D eigenvalue weighted by Gasteiger charge is 1.99. The van der Waals surface area contributed by atoms with E-state index in [1.54, 1.807) is 12.1 Å². The summed E-state index contributed by atoms with van der Waals surface area (Å²) in [6.45, 7) is 0.256. The molecule has 15 heavy (non-hydrogen) atoms. The average molecular weight is 311 g/mol. The summed E-state index contributed by atoms with van der Waals surface area (Å²) < 4.78 is 1.06. The minimum absolute atomic E-state index is 0.256. The van der Waals surface area contributed by atoms with E-state index in [9.17, 15) is 0 Å². The van der Waals surface area contributed by atoms with Gasteiger partial charge in [-0.3, -0.25) is 0 Å². The lowest BCUT2D eigenvalue weighted by Crippen LogP contribution is -1.94. The molecule has 0 aliphatic carbocycles. The van der Waals surface area contributed by atoms with Crippen molar-refractivity contribution in [1.29, 1.82) is 10.5 Å². The van der Waals surface area contributed by atoms with Gasteiger partial charge in [-0.25, -0.2) is 0 Å². The average Bonchev–Trinajstić information content (AvgIpc) is 2.27. The summed E-state index contributed by atoms with van der Waals surface area (Å²) in [5.74, 6) is 0. The molecule has 0 aliphatic rings. The number of nitrogens with zero attached hydrogens (tertiary/aromatic N) is 3. The van der Waals surface area contributed by atoms with Crippen LogP contribution in [0.3, 0.4) is 0 Å². The third kappa shape index (κ3) is 3.56. The fourth-order valence-electron chi connectivity index (χ4n) is 0.848. The topological polar surface area (TPSA) is 69.2 Å². The zero-order valence-electron chi connectivity index (χ0n) is 7.64. The summed E-state index contributed by atoms with van der Waals surface area (Å²) in [4.78, 5) is 4.88. The summed E-state index contributed by atoms with van der Waals surface area (Å²) in [5.41, 5.74) is 0.693. The van der Waals surface area contributed by atoms with Crippen molar-refractivity contribution in [2.45, 2.75) is 6.61 Å². The van der Waals surface area contributed by atoms with E-state index in [-0.39, 0.29) is 12.3 Å². The van der Waals surface area contributed by atoms with E-state index in [1.807, 2.05) is 24.3 Å². The summed E-state index contributed by atoms with van der Waals surface area (Å²) in [6, 6.07) is 10.9. The van der Waals surface area contributed by atoms with Crippen LogP contribution in [0.2, 0.25) is 0 Å². The van der Waals surface area contributed by atoms with Gasteiger partial charge in [0.1, 0.15) is 18.7 Å². The van der Waals surface area contributed by atoms with Crippen molar-refractivity contribution >= 4 is 28.3 Å². The molecule has 0 atom stereocenters. The van der Waals surface area contributed by atoms with Gasteiger partial charge in [0.2, 0.25) is 0 Å². The Morgan fingerprint density at radius 3 is 2.60 bits per heavy atom. The number of oxime groups is 1. The fourth-order valence-corrected chi connectivity index (χ4v) is 1.39. The minimum Gasteiger partial charge on any atom is -0.389 e. The van der Waals surface area contributed by atoms with Gasteiger partial charge in [-0.05, 0) is 28.7 Å². The highest BCUT2D eigenvalue weighted by Crippen LogP contribution is 2.12. The molecule has 0 saturated carbocycles. The second-order valence-corrected chi connectivity index (χ2v) is 3.69. The summed E-state index contributed by atoms with van der Waals surface area (Å²) in [7, 11) is 0. The van der Waals surface area contributed by atoms with Gasteiger partial charge >= 0.3 is 0 Å². The van der Waals surface area contributed by atoms with Crippen LogP contribution in [0.1, 0.15) is 5.56 Å². The second kappa shape index (κ2) is 5.99. The van der Waals surface area contributed by atoms with Crippen LogP contribution in [0.5, 0.6) is 0 Å². The molecule has 0 unspecified atom stereocenters. The summed E-state index contributed by atoms with van der Waals surface area (Å²) in [5, 5.41) is 20.2. The Kier molecular flexibility index (Phi) is 4.58. The van der Waals surface area contributed by atoms with Crippen molar-refractivity contribution in [1.82, 2.24) is 0 Å². The Morgan fingerprint density at radius 2 is 2.00 bits per heavy atom. The van der Waals surface area contributed by atoms with Crippen LogP contribution in [0.4, 0.5) is 0 Å². The van der Waals surface area contributed by atoms with Gasteiger partial charge in [-0.2, -0.15) is 10.5 Å². The maximum atomic E-state index is 8.39. The molecule has 0 amide bonds. The molecule has 74 valence electrons. The van der Waals surface area contributed by atoms with Gasteiger partial charge < -0.3 is 4.84 Å². The lowest BCUT2D eigenvalue weighted by Gasteiger charge is -2.01. The zero-order valence-corrected chi connectivity index (χ0v) is 9.80. The standard InChI is InChI=1S/C10H6IN3O/c11-10-4-2-1-3-8(10)7-15-14-9(5-12)6-13/h1-4H,7H2. The third-order valence-electron chi connectivity index (χ3n) is 1.55. The van der Waals surface area contributed by atoms with Crippen LogP contribution < -0.4 is 0 Å². The zero-order chi connectivity index (χ0) is 11.1. The fraction of sp³-hybridized carbons (Fsp3) is 0.100. The first-order valence-corrected chi connectivity index (χ1v) is 5.09. The molecule has 0 N–H and O–H groups in total. The Labute approximate surface area is 101 Å². The van der Waals surface area contributed by atoms with E-state index in [2.05, 4.69) is 27.7 Å². The maximum absolute atomic E-state index is 8.39. The Bertz CT molecular complexity index is 440. The van der Waals surface area contributed by atoms with Crippen LogP contribution in [0, 0.1) is 26.2 Å². The minimum atomic E-state index is -0.277. The Morgan fingerprint density at radius 1 is 1.33 bits per heavy atom. The predicted octanol–water partition coefficient (Wildman–Crippen LogP) is 2.21. The van der Waals surface area contributed by atoms with Crippen molar-refractivity contribution < 1.29 is 4.84 Å². The molecule has 0 bridgehead atoms. The van der Waals surface area contributed by atoms with Gasteiger partial charge in [0, 0.05) is 9.13 Å². The van der Waals surface area contributed by atoms with Crippen molar-refractivity contribution in [2.24, 2.45) is 5.16 Å². The first-order valence-electron chi connectivity index (χ1n) is 4.01. The van der Waals surface area contributed by atoms with Crippen LogP contribution >= 0.6 is 22.6 Å². The molecule has 0 fully saturated rings. The van der Waals surface area contributed by atoms with Crippen molar-refractivity contribution in [3.8, 4) is 12.1 Å². The van der Waals surface area contributed by atoms with E-state index < -0.39 is 0 Å². The Balaban J connectivity index is 2.60. The molecule has 0 heterocycles. The number of halogens is 1. The third-order valence-corrected chi connectivity index (χ3v) is 2.60. The Hall–Kier alpha value is -1.60. The van der Waals surface area contributed by atoms with Crippen LogP contribution in [0.15, 0.2) is 29.4 Å². The van der Waals surface area contributed by atoms with Crippen molar-refractivity contribution in [3.05, 3.63) is 33.4 Å². The molecule has 1 aromatic carbocycles. The highest BCUT2D eigenvalue weighted by molar-refractivity contribution is 14.1. The van der Waals surface area contributed by atoms with Crippen molar-refractivity contribution in [3.63, 3.8) is 0 Å². The molecule has 0 aromatic heterocycles. The molecular formula is C10H6IN3O. The molecule has 0 radical (unpaired) electrons. The number of hydrogen-bond acceptors (Lipinski definition) is 4. The monoisotopic (exact) mass is 311 g/mol. The van der Waals surface area contributed by atoms with Gasteiger partial charge in [-0.15, -0.1) is 0 Å². The highest BCUT2D eigenvalue weighted by atomic mass is 127. The summed E-state index contributed by atoms with van der Waals surface area (Å²) >= 11 is 2.18. The quantitative estimate of drug-likeness (QED) is 0.488. The van der Waals surface area contributed by atoms with Crippen LogP contribution in [0.25, 0.3) is 0 Å². The maximum Gasteiger partial charge on any atom is 0.256 e. The van der Waals surface area contributed by atoms with E-state index >= 15 is 0 Å². The van der Waals surface area contributed by atoms with Gasteiger partial charge in [0.15, 0.2) is 0 Å².